The molecule has 63 heavy (non-hydrogen) atoms. The minimum atomic E-state index is 0.931. The molecule has 0 unspecified atom stereocenters. The molecule has 0 atom stereocenters. The van der Waals surface area contributed by atoms with E-state index in [9.17, 15) is 0 Å². The first-order chi connectivity index (χ1) is 31.2. The number of imidazole rings is 1. The normalized spacial score (nSPS) is 11.8. The van der Waals surface area contributed by atoms with Crippen molar-refractivity contribution in [3.63, 3.8) is 0 Å². The van der Waals surface area contributed by atoms with Crippen molar-refractivity contribution in [3.8, 4) is 50.5 Å². The van der Waals surface area contributed by atoms with Gasteiger partial charge in [-0.2, -0.15) is 0 Å². The molecule has 0 amide bonds. The second-order valence-electron chi connectivity index (χ2n) is 16.7. The summed E-state index contributed by atoms with van der Waals surface area (Å²) in [6.07, 6.45) is 0. The smallest absolute Gasteiger partial charge is 0.145 e. The Kier molecular flexibility index (Phi) is 7.94. The number of hydrogen-bond acceptors (Lipinski definition) is 1. The van der Waals surface area contributed by atoms with Gasteiger partial charge >= 0.3 is 0 Å². The number of benzene rings is 12. The highest BCUT2D eigenvalue weighted by Crippen LogP contribution is 2.44. The van der Waals surface area contributed by atoms with Crippen LogP contribution in [0.2, 0.25) is 0 Å². The lowest BCUT2D eigenvalue weighted by molar-refractivity contribution is 1.10. The second kappa shape index (κ2) is 14.1. The zero-order valence-electron chi connectivity index (χ0n) is 34.3. The van der Waals surface area contributed by atoms with Gasteiger partial charge in [-0.3, -0.25) is 4.57 Å². The molecule has 1 heterocycles. The van der Waals surface area contributed by atoms with Crippen LogP contribution in [0.15, 0.2) is 231 Å². The van der Waals surface area contributed by atoms with Crippen LogP contribution in [0.25, 0.3) is 126 Å². The molecule has 0 aliphatic heterocycles. The second-order valence-corrected chi connectivity index (χ2v) is 16.7. The molecule has 292 valence electrons. The Morgan fingerprint density at radius 2 is 0.746 bits per heavy atom. The van der Waals surface area contributed by atoms with E-state index in [4.69, 9.17) is 4.98 Å². The van der Waals surface area contributed by atoms with Crippen molar-refractivity contribution in [1.29, 1.82) is 0 Å². The first-order valence-corrected chi connectivity index (χ1v) is 21.7. The summed E-state index contributed by atoms with van der Waals surface area (Å²) in [4.78, 5) is 5.12. The van der Waals surface area contributed by atoms with Crippen LogP contribution in [0, 0.1) is 0 Å². The minimum absolute atomic E-state index is 0.931. The fourth-order valence-electron chi connectivity index (χ4n) is 10.2. The van der Waals surface area contributed by atoms with E-state index < -0.39 is 0 Å². The van der Waals surface area contributed by atoms with E-state index in [0.717, 1.165) is 33.7 Å². The third-order valence-corrected chi connectivity index (χ3v) is 13.1. The molecule has 0 N–H and O–H groups in total. The lowest BCUT2D eigenvalue weighted by Gasteiger charge is -2.18. The fraction of sp³-hybridized carbons (Fsp3) is 0. The van der Waals surface area contributed by atoms with Gasteiger partial charge in [0, 0.05) is 11.3 Å². The summed E-state index contributed by atoms with van der Waals surface area (Å²) in [7, 11) is 0. The lowest BCUT2D eigenvalue weighted by Crippen LogP contribution is -1.97. The molecular formula is C61H38N2. The molecular weight excluding hydrogens is 761 g/mol. The average Bonchev–Trinajstić information content (AvgIpc) is 3.75. The maximum Gasteiger partial charge on any atom is 0.145 e. The molecule has 12 aromatic carbocycles. The molecule has 2 heteroatoms. The monoisotopic (exact) mass is 798 g/mol. The van der Waals surface area contributed by atoms with Crippen molar-refractivity contribution in [2.45, 2.75) is 0 Å². The Morgan fingerprint density at radius 1 is 0.286 bits per heavy atom. The summed E-state index contributed by atoms with van der Waals surface area (Å²) in [6, 6.07) is 84.5. The van der Waals surface area contributed by atoms with Gasteiger partial charge in [0.15, 0.2) is 0 Å². The lowest BCUT2D eigenvalue weighted by atomic mass is 9.86. The van der Waals surface area contributed by atoms with Crippen LogP contribution in [0.3, 0.4) is 0 Å². The van der Waals surface area contributed by atoms with Crippen molar-refractivity contribution < 1.29 is 0 Å². The van der Waals surface area contributed by atoms with Crippen LogP contribution in [-0.4, -0.2) is 9.55 Å². The maximum absolute atomic E-state index is 5.12. The Labute approximate surface area is 364 Å². The highest BCUT2D eigenvalue weighted by molar-refractivity contribution is 6.25. The van der Waals surface area contributed by atoms with Gasteiger partial charge in [-0.15, -0.1) is 0 Å². The zero-order chi connectivity index (χ0) is 41.4. The molecule has 0 saturated carbocycles. The highest BCUT2D eigenvalue weighted by atomic mass is 15.1. The van der Waals surface area contributed by atoms with E-state index in [-0.39, 0.29) is 0 Å². The molecule has 0 fully saturated rings. The largest absolute Gasteiger partial charge is 0.292 e. The summed E-state index contributed by atoms with van der Waals surface area (Å²) < 4.78 is 2.28. The SMILES string of the molecule is c1ccc(-c2nc3ccccc3n2-c2ccc(-c3cc(-c4cc5ccc6ccccc6c5c5ccccc45)cc(-c4cc5ccc6ccccc6c5c5ccccc45)c3)cc2)cc1. The Balaban J connectivity index is 1.06. The van der Waals surface area contributed by atoms with E-state index in [1.54, 1.807) is 0 Å². The summed E-state index contributed by atoms with van der Waals surface area (Å²) in [5.41, 5.74) is 11.4. The van der Waals surface area contributed by atoms with Crippen molar-refractivity contribution in [3.05, 3.63) is 231 Å². The van der Waals surface area contributed by atoms with E-state index in [1.807, 2.05) is 0 Å². The van der Waals surface area contributed by atoms with Crippen LogP contribution in [0.5, 0.6) is 0 Å². The molecule has 0 bridgehead atoms. The van der Waals surface area contributed by atoms with Crippen molar-refractivity contribution in [1.82, 2.24) is 9.55 Å². The first kappa shape index (κ1) is 35.4. The van der Waals surface area contributed by atoms with Crippen molar-refractivity contribution >= 4 is 75.7 Å². The summed E-state index contributed by atoms with van der Waals surface area (Å²) >= 11 is 0. The van der Waals surface area contributed by atoms with E-state index in [0.29, 0.717) is 0 Å². The number of rotatable bonds is 5. The van der Waals surface area contributed by atoms with Gasteiger partial charge < -0.3 is 0 Å². The van der Waals surface area contributed by atoms with Gasteiger partial charge in [0.2, 0.25) is 0 Å². The Hall–Kier alpha value is -8.33. The molecule has 0 saturated heterocycles. The molecule has 0 aliphatic carbocycles. The minimum Gasteiger partial charge on any atom is -0.292 e. The number of para-hydroxylation sites is 2. The highest BCUT2D eigenvalue weighted by Gasteiger charge is 2.18. The van der Waals surface area contributed by atoms with E-state index in [1.165, 1.54) is 92.5 Å². The standard InChI is InChI=1S/C61H38N2/c1-2-16-42(17-3-1)61-62-57-24-12-13-25-58(57)63(61)48-32-30-39(31-33-48)45-34-46(55-37-43-28-26-40-14-4-6-18-49(40)59(43)53-22-10-8-20-51(53)55)36-47(35-45)56-38-44-29-27-41-15-5-7-19-50(41)60(44)54-23-11-9-21-52(54)56/h1-38H. The van der Waals surface area contributed by atoms with Gasteiger partial charge in [-0.1, -0.05) is 176 Å². The zero-order valence-corrected chi connectivity index (χ0v) is 34.3. The molecule has 0 radical (unpaired) electrons. The third kappa shape index (κ3) is 5.69. The molecule has 0 spiro atoms. The Bertz CT molecular complexity index is 3770. The predicted octanol–water partition coefficient (Wildman–Crippen LogP) is 16.6. The van der Waals surface area contributed by atoms with Gasteiger partial charge in [0.05, 0.1) is 11.0 Å². The van der Waals surface area contributed by atoms with Crippen LogP contribution in [-0.2, 0) is 0 Å². The van der Waals surface area contributed by atoms with Gasteiger partial charge in [0.1, 0.15) is 5.82 Å². The van der Waals surface area contributed by atoms with Crippen LogP contribution in [0.1, 0.15) is 0 Å². The van der Waals surface area contributed by atoms with Crippen LogP contribution >= 0.6 is 0 Å². The topological polar surface area (TPSA) is 17.8 Å². The quantitative estimate of drug-likeness (QED) is 0.159. The van der Waals surface area contributed by atoms with Gasteiger partial charge in [-0.05, 0) is 153 Å². The number of hydrogen-bond donors (Lipinski definition) is 0. The van der Waals surface area contributed by atoms with Gasteiger partial charge in [0.25, 0.3) is 0 Å². The van der Waals surface area contributed by atoms with E-state index >= 15 is 0 Å². The van der Waals surface area contributed by atoms with Gasteiger partial charge in [-0.25, -0.2) is 4.98 Å². The van der Waals surface area contributed by atoms with Crippen molar-refractivity contribution in [2.75, 3.05) is 0 Å². The van der Waals surface area contributed by atoms with Crippen LogP contribution < -0.4 is 0 Å². The maximum atomic E-state index is 5.12. The molecule has 0 aliphatic rings. The van der Waals surface area contributed by atoms with E-state index in [2.05, 4.69) is 235 Å². The molecule has 2 nitrogen and oxygen atoms in total. The number of aromatic nitrogens is 2. The predicted molar refractivity (Wildman–Crippen MR) is 268 cm³/mol. The molecule has 13 aromatic rings. The number of fused-ring (bicyclic) bond motifs is 11. The fourth-order valence-corrected chi connectivity index (χ4v) is 10.2. The van der Waals surface area contributed by atoms with Crippen molar-refractivity contribution in [2.24, 2.45) is 0 Å². The summed E-state index contributed by atoms with van der Waals surface area (Å²) in [5.74, 6) is 0.931. The summed E-state index contributed by atoms with van der Waals surface area (Å²) in [6.45, 7) is 0. The molecule has 13 rings (SSSR count). The molecule has 1 aromatic heterocycles. The first-order valence-electron chi connectivity index (χ1n) is 21.7. The summed E-state index contributed by atoms with van der Waals surface area (Å²) in [5, 5.41) is 15.2. The Morgan fingerprint density at radius 3 is 1.33 bits per heavy atom. The average molecular weight is 799 g/mol. The third-order valence-electron chi connectivity index (χ3n) is 13.1. The number of nitrogens with zero attached hydrogens (tertiary/aromatic N) is 2. The van der Waals surface area contributed by atoms with Crippen LogP contribution in [0.4, 0.5) is 0 Å².